The van der Waals surface area contributed by atoms with Crippen molar-refractivity contribution in [3.63, 3.8) is 0 Å². The molecule has 1 saturated heterocycles. The van der Waals surface area contributed by atoms with Crippen molar-refractivity contribution < 1.29 is 19.2 Å². The van der Waals surface area contributed by atoms with Crippen LogP contribution in [0, 0.1) is 0 Å². The molecule has 0 bridgehead atoms. The predicted molar refractivity (Wildman–Crippen MR) is 43.8 cm³/mol. The lowest BCUT2D eigenvalue weighted by Gasteiger charge is -2.04. The van der Waals surface area contributed by atoms with E-state index in [1.165, 1.54) is 0 Å². The van der Waals surface area contributed by atoms with Crippen molar-refractivity contribution in [2.75, 3.05) is 0 Å². The smallest absolute Gasteiger partial charge is 0.377 e. The molecular weight excluding hydrogens is 188 g/mol. The molecule has 2 heterocycles. The van der Waals surface area contributed by atoms with Crippen molar-refractivity contribution in [1.29, 1.82) is 0 Å². The molecule has 0 saturated carbocycles. The minimum atomic E-state index is -1.19. The third-order valence-corrected chi connectivity index (χ3v) is 2.14. The van der Waals surface area contributed by atoms with Crippen LogP contribution in [0.25, 0.3) is 0 Å². The maximum atomic E-state index is 10.5. The second kappa shape index (κ2) is 3.38. The Labute approximate surface area is 79.9 Å². The molecular formula is C8H10N2O4. The van der Waals surface area contributed by atoms with E-state index < -0.39 is 5.97 Å². The quantitative estimate of drug-likeness (QED) is 0.763. The number of hydrogen-bond donors (Lipinski definition) is 1. The summed E-state index contributed by atoms with van der Waals surface area (Å²) in [5.74, 6) is -1.25. The normalized spacial score (nSPS) is 26.6. The summed E-state index contributed by atoms with van der Waals surface area (Å²) >= 11 is 0. The van der Waals surface area contributed by atoms with Gasteiger partial charge in [0.15, 0.2) is 0 Å². The summed E-state index contributed by atoms with van der Waals surface area (Å²) < 4.78 is 10.2. The summed E-state index contributed by atoms with van der Waals surface area (Å²) in [4.78, 5) is 14.2. The number of ether oxygens (including phenoxy) is 1. The highest BCUT2D eigenvalue weighted by Gasteiger charge is 2.29. The minimum absolute atomic E-state index is 0.167. The Kier molecular flexibility index (Phi) is 2.20. The van der Waals surface area contributed by atoms with Gasteiger partial charge in [0.05, 0.1) is 6.10 Å². The minimum Gasteiger partial charge on any atom is -0.475 e. The summed E-state index contributed by atoms with van der Waals surface area (Å²) in [7, 11) is 0. The summed E-state index contributed by atoms with van der Waals surface area (Å²) in [6.45, 7) is 1.95. The Morgan fingerprint density at radius 2 is 2.36 bits per heavy atom. The SMILES string of the molecule is CC1CCC(c2nc(C(=O)O)no2)O1. The second-order valence-corrected chi connectivity index (χ2v) is 3.27. The van der Waals surface area contributed by atoms with Gasteiger partial charge in [0.1, 0.15) is 6.10 Å². The molecule has 14 heavy (non-hydrogen) atoms. The molecule has 1 N–H and O–H groups in total. The van der Waals surface area contributed by atoms with Crippen molar-refractivity contribution in [2.24, 2.45) is 0 Å². The maximum absolute atomic E-state index is 10.5. The number of hydrogen-bond acceptors (Lipinski definition) is 5. The van der Waals surface area contributed by atoms with E-state index in [-0.39, 0.29) is 23.9 Å². The van der Waals surface area contributed by atoms with Crippen molar-refractivity contribution in [1.82, 2.24) is 10.1 Å². The lowest BCUT2D eigenvalue weighted by Crippen LogP contribution is -2.03. The van der Waals surface area contributed by atoms with Crippen LogP contribution in [0.5, 0.6) is 0 Å². The number of nitrogens with zero attached hydrogens (tertiary/aromatic N) is 2. The van der Waals surface area contributed by atoms with E-state index >= 15 is 0 Å². The van der Waals surface area contributed by atoms with Gasteiger partial charge in [-0.25, -0.2) is 4.79 Å². The first kappa shape index (κ1) is 9.14. The second-order valence-electron chi connectivity index (χ2n) is 3.27. The first-order valence-corrected chi connectivity index (χ1v) is 4.39. The van der Waals surface area contributed by atoms with E-state index in [1.807, 2.05) is 6.92 Å². The molecule has 2 unspecified atom stereocenters. The van der Waals surface area contributed by atoms with E-state index in [2.05, 4.69) is 10.1 Å². The van der Waals surface area contributed by atoms with Gasteiger partial charge in [-0.1, -0.05) is 0 Å². The van der Waals surface area contributed by atoms with Crippen LogP contribution in [0.1, 0.15) is 42.4 Å². The van der Waals surface area contributed by atoms with Crippen LogP contribution < -0.4 is 0 Å². The largest absolute Gasteiger partial charge is 0.475 e. The first-order valence-electron chi connectivity index (χ1n) is 4.39. The Balaban J connectivity index is 2.13. The third-order valence-electron chi connectivity index (χ3n) is 2.14. The molecule has 0 aliphatic carbocycles. The van der Waals surface area contributed by atoms with Gasteiger partial charge in [-0.05, 0) is 24.9 Å². The van der Waals surface area contributed by atoms with Crippen LogP contribution in [0.2, 0.25) is 0 Å². The highest BCUT2D eigenvalue weighted by molar-refractivity contribution is 5.82. The number of rotatable bonds is 2. The van der Waals surface area contributed by atoms with Crippen LogP contribution in [0.4, 0.5) is 0 Å². The average Bonchev–Trinajstić information content (AvgIpc) is 2.70. The van der Waals surface area contributed by atoms with Crippen molar-refractivity contribution in [3.05, 3.63) is 11.7 Å². The fraction of sp³-hybridized carbons (Fsp3) is 0.625. The summed E-state index contributed by atoms with van der Waals surface area (Å²) in [6, 6.07) is 0. The summed E-state index contributed by atoms with van der Waals surface area (Å²) in [6.07, 6.45) is 1.64. The van der Waals surface area contributed by atoms with Crippen LogP contribution in [-0.2, 0) is 4.74 Å². The third kappa shape index (κ3) is 1.60. The highest BCUT2D eigenvalue weighted by atomic mass is 16.5. The van der Waals surface area contributed by atoms with Gasteiger partial charge in [0.2, 0.25) is 0 Å². The van der Waals surface area contributed by atoms with Crippen LogP contribution in [0.3, 0.4) is 0 Å². The highest BCUT2D eigenvalue weighted by Crippen LogP contribution is 2.31. The molecule has 1 aromatic heterocycles. The van der Waals surface area contributed by atoms with Crippen LogP contribution in [-0.4, -0.2) is 27.3 Å². The van der Waals surface area contributed by atoms with Gasteiger partial charge < -0.3 is 14.4 Å². The molecule has 0 aromatic carbocycles. The Morgan fingerprint density at radius 1 is 1.57 bits per heavy atom. The van der Waals surface area contributed by atoms with E-state index in [1.54, 1.807) is 0 Å². The number of carboxylic acid groups (broad SMARTS) is 1. The zero-order valence-corrected chi connectivity index (χ0v) is 7.64. The Morgan fingerprint density at radius 3 is 2.86 bits per heavy atom. The van der Waals surface area contributed by atoms with E-state index in [9.17, 15) is 4.79 Å². The molecule has 1 aliphatic rings. The van der Waals surface area contributed by atoms with Gasteiger partial charge in [0, 0.05) is 0 Å². The molecule has 76 valence electrons. The van der Waals surface area contributed by atoms with E-state index in [0.717, 1.165) is 12.8 Å². The zero-order valence-electron chi connectivity index (χ0n) is 7.64. The lowest BCUT2D eigenvalue weighted by atomic mass is 10.2. The Hall–Kier alpha value is -1.43. The number of aromatic carboxylic acids is 1. The fourth-order valence-electron chi connectivity index (χ4n) is 1.44. The van der Waals surface area contributed by atoms with Crippen molar-refractivity contribution >= 4 is 5.97 Å². The summed E-state index contributed by atoms with van der Waals surface area (Å²) in [5.41, 5.74) is 0. The maximum Gasteiger partial charge on any atom is 0.377 e. The average molecular weight is 198 g/mol. The molecule has 0 spiro atoms. The van der Waals surface area contributed by atoms with Crippen molar-refractivity contribution in [3.8, 4) is 0 Å². The van der Waals surface area contributed by atoms with Gasteiger partial charge in [-0.15, -0.1) is 0 Å². The number of aromatic nitrogens is 2. The van der Waals surface area contributed by atoms with Crippen LogP contribution >= 0.6 is 0 Å². The molecule has 6 heteroatoms. The predicted octanol–water partition coefficient (Wildman–Crippen LogP) is 1.01. The standard InChI is InChI=1S/C8H10N2O4/c1-4-2-3-5(13-4)7-9-6(8(11)12)10-14-7/h4-5H,2-3H2,1H3,(H,11,12). The molecule has 1 aromatic rings. The molecule has 2 rings (SSSR count). The molecule has 6 nitrogen and oxygen atoms in total. The molecule has 0 amide bonds. The van der Waals surface area contributed by atoms with Crippen LogP contribution in [0.15, 0.2) is 4.52 Å². The monoisotopic (exact) mass is 198 g/mol. The van der Waals surface area contributed by atoms with E-state index in [4.69, 9.17) is 14.4 Å². The molecule has 1 fully saturated rings. The summed E-state index contributed by atoms with van der Waals surface area (Å²) in [5, 5.41) is 11.9. The van der Waals surface area contributed by atoms with E-state index in [0.29, 0.717) is 0 Å². The number of carboxylic acids is 1. The van der Waals surface area contributed by atoms with Gasteiger partial charge in [-0.3, -0.25) is 0 Å². The molecule has 2 atom stereocenters. The first-order chi connectivity index (χ1) is 6.66. The molecule has 1 aliphatic heterocycles. The van der Waals surface area contributed by atoms with Gasteiger partial charge >= 0.3 is 5.97 Å². The lowest BCUT2D eigenvalue weighted by molar-refractivity contribution is 0.0355. The Bertz CT molecular complexity index is 349. The molecule has 0 radical (unpaired) electrons. The fourth-order valence-corrected chi connectivity index (χ4v) is 1.44. The topological polar surface area (TPSA) is 85.5 Å². The van der Waals surface area contributed by atoms with Gasteiger partial charge in [-0.2, -0.15) is 4.98 Å². The van der Waals surface area contributed by atoms with Crippen molar-refractivity contribution in [2.45, 2.75) is 32.0 Å². The van der Waals surface area contributed by atoms with Gasteiger partial charge in [0.25, 0.3) is 11.7 Å². The zero-order chi connectivity index (χ0) is 10.1. The number of carbonyl (C=O) groups is 1.